The van der Waals surface area contributed by atoms with Crippen LogP contribution in [0.2, 0.25) is 0 Å². The lowest BCUT2D eigenvalue weighted by atomic mass is 9.97. The van der Waals surface area contributed by atoms with Crippen molar-refractivity contribution >= 4 is 5.91 Å². The third-order valence-corrected chi connectivity index (χ3v) is 3.28. The number of carbonyl (C=O) groups excluding carboxylic acids is 1. The van der Waals surface area contributed by atoms with Gasteiger partial charge >= 0.3 is 0 Å². The van der Waals surface area contributed by atoms with Crippen molar-refractivity contribution < 1.29 is 4.79 Å². The van der Waals surface area contributed by atoms with E-state index in [2.05, 4.69) is 10.4 Å². The summed E-state index contributed by atoms with van der Waals surface area (Å²) in [5, 5.41) is 7.11. The number of hydrogen-bond donors (Lipinski definition) is 2. The molecule has 1 aromatic heterocycles. The average Bonchev–Trinajstić information content (AvgIpc) is 2.88. The topological polar surface area (TPSA) is 72.9 Å². The Hall–Kier alpha value is -1.36. The number of carbonyl (C=O) groups is 1. The van der Waals surface area contributed by atoms with Gasteiger partial charge in [-0.05, 0) is 18.9 Å². The molecule has 3 N–H and O–H groups in total. The first-order valence-corrected chi connectivity index (χ1v) is 5.67. The summed E-state index contributed by atoms with van der Waals surface area (Å²) < 4.78 is 1.62. The summed E-state index contributed by atoms with van der Waals surface area (Å²) >= 11 is 0. The predicted molar refractivity (Wildman–Crippen MR) is 60.9 cm³/mol. The van der Waals surface area contributed by atoms with Gasteiger partial charge in [0.1, 0.15) is 5.69 Å². The van der Waals surface area contributed by atoms with E-state index >= 15 is 0 Å². The molecule has 1 aromatic rings. The quantitative estimate of drug-likeness (QED) is 0.778. The first-order chi connectivity index (χ1) is 7.65. The first-order valence-electron chi connectivity index (χ1n) is 5.67. The van der Waals surface area contributed by atoms with Gasteiger partial charge in [-0.25, -0.2) is 0 Å². The molecule has 1 heterocycles. The molecule has 0 spiro atoms. The Kier molecular flexibility index (Phi) is 2.96. The normalized spacial score (nSPS) is 18.6. The van der Waals surface area contributed by atoms with E-state index in [0.717, 1.165) is 25.7 Å². The Morgan fingerprint density at radius 3 is 2.81 bits per heavy atom. The molecule has 1 saturated carbocycles. The minimum Gasteiger partial charge on any atom is -0.344 e. The monoisotopic (exact) mass is 222 g/mol. The van der Waals surface area contributed by atoms with Crippen molar-refractivity contribution in [3.8, 4) is 0 Å². The van der Waals surface area contributed by atoms with E-state index in [0.29, 0.717) is 12.2 Å². The Labute approximate surface area is 95.0 Å². The molecule has 2 rings (SSSR count). The second-order valence-corrected chi connectivity index (χ2v) is 4.52. The fourth-order valence-corrected chi connectivity index (χ4v) is 2.27. The lowest BCUT2D eigenvalue weighted by molar-refractivity contribution is 0.0897. The van der Waals surface area contributed by atoms with Crippen LogP contribution in [0.1, 0.15) is 36.2 Å². The smallest absolute Gasteiger partial charge is 0.272 e. The van der Waals surface area contributed by atoms with Crippen LogP contribution < -0.4 is 11.1 Å². The second-order valence-electron chi connectivity index (χ2n) is 4.52. The molecule has 0 saturated heterocycles. The van der Waals surface area contributed by atoms with Crippen LogP contribution in [0, 0.1) is 0 Å². The van der Waals surface area contributed by atoms with E-state index in [1.165, 1.54) is 0 Å². The highest BCUT2D eigenvalue weighted by Crippen LogP contribution is 2.28. The third kappa shape index (κ3) is 2.09. The van der Waals surface area contributed by atoms with Crippen molar-refractivity contribution in [2.45, 2.75) is 31.2 Å². The summed E-state index contributed by atoms with van der Waals surface area (Å²) in [5.41, 5.74) is 6.02. The summed E-state index contributed by atoms with van der Waals surface area (Å²) in [5.74, 6) is -0.118. The summed E-state index contributed by atoms with van der Waals surface area (Å²) in [7, 11) is 1.80. The van der Waals surface area contributed by atoms with Gasteiger partial charge in [0.2, 0.25) is 0 Å². The molecule has 1 amide bonds. The van der Waals surface area contributed by atoms with E-state index in [1.807, 2.05) is 0 Å². The summed E-state index contributed by atoms with van der Waals surface area (Å²) in [6, 6.07) is 1.72. The minimum atomic E-state index is -0.200. The van der Waals surface area contributed by atoms with Gasteiger partial charge < -0.3 is 11.1 Å². The van der Waals surface area contributed by atoms with Gasteiger partial charge in [-0.1, -0.05) is 12.8 Å². The molecule has 0 aromatic carbocycles. The summed E-state index contributed by atoms with van der Waals surface area (Å²) in [6.07, 6.45) is 5.99. The van der Waals surface area contributed by atoms with Crippen LogP contribution >= 0.6 is 0 Å². The van der Waals surface area contributed by atoms with E-state index < -0.39 is 0 Å². The van der Waals surface area contributed by atoms with E-state index in [9.17, 15) is 4.79 Å². The highest BCUT2D eigenvalue weighted by atomic mass is 16.2. The Morgan fingerprint density at radius 1 is 1.62 bits per heavy atom. The number of hydrogen-bond acceptors (Lipinski definition) is 3. The van der Waals surface area contributed by atoms with Gasteiger partial charge in [0.25, 0.3) is 5.91 Å². The molecule has 88 valence electrons. The summed E-state index contributed by atoms with van der Waals surface area (Å²) in [4.78, 5) is 11.9. The molecule has 0 atom stereocenters. The number of aryl methyl sites for hydroxylation is 1. The Morgan fingerprint density at radius 2 is 2.31 bits per heavy atom. The van der Waals surface area contributed by atoms with Crippen molar-refractivity contribution in [1.82, 2.24) is 15.1 Å². The lowest BCUT2D eigenvalue weighted by Crippen LogP contribution is -2.51. The van der Waals surface area contributed by atoms with Crippen LogP contribution in [-0.4, -0.2) is 27.8 Å². The molecular formula is C11H18N4O. The average molecular weight is 222 g/mol. The third-order valence-electron chi connectivity index (χ3n) is 3.28. The minimum absolute atomic E-state index is 0.118. The molecule has 16 heavy (non-hydrogen) atoms. The SMILES string of the molecule is Cn1ccc(C(=O)NC2(CN)CCCC2)n1. The van der Waals surface area contributed by atoms with Crippen molar-refractivity contribution in [3.63, 3.8) is 0 Å². The van der Waals surface area contributed by atoms with Gasteiger partial charge in [-0.2, -0.15) is 5.10 Å². The molecule has 0 unspecified atom stereocenters. The van der Waals surface area contributed by atoms with E-state index in [1.54, 1.807) is 24.0 Å². The zero-order valence-corrected chi connectivity index (χ0v) is 9.57. The molecular weight excluding hydrogens is 204 g/mol. The first kappa shape index (κ1) is 11.1. The van der Waals surface area contributed by atoms with Crippen LogP contribution in [0.15, 0.2) is 12.3 Å². The van der Waals surface area contributed by atoms with Crippen molar-refractivity contribution in [3.05, 3.63) is 18.0 Å². The van der Waals surface area contributed by atoms with E-state index in [-0.39, 0.29) is 11.4 Å². The number of amides is 1. The molecule has 1 fully saturated rings. The molecule has 1 aliphatic rings. The molecule has 0 bridgehead atoms. The van der Waals surface area contributed by atoms with Crippen LogP contribution in [0.4, 0.5) is 0 Å². The maximum atomic E-state index is 11.9. The predicted octanol–water partition coefficient (Wildman–Crippen LogP) is 0.421. The molecule has 0 radical (unpaired) electrons. The zero-order chi connectivity index (χ0) is 11.6. The standard InChI is InChI=1S/C11H18N4O/c1-15-7-4-9(14-15)10(16)13-11(8-12)5-2-3-6-11/h4,7H,2-3,5-6,8,12H2,1H3,(H,13,16). The molecule has 5 heteroatoms. The number of nitrogens with one attached hydrogen (secondary N) is 1. The highest BCUT2D eigenvalue weighted by Gasteiger charge is 2.34. The lowest BCUT2D eigenvalue weighted by Gasteiger charge is -2.28. The van der Waals surface area contributed by atoms with Gasteiger partial charge in [0.05, 0.1) is 5.54 Å². The van der Waals surface area contributed by atoms with Crippen molar-refractivity contribution in [1.29, 1.82) is 0 Å². The summed E-state index contributed by atoms with van der Waals surface area (Å²) in [6.45, 7) is 0.506. The fourth-order valence-electron chi connectivity index (χ4n) is 2.27. The number of rotatable bonds is 3. The number of nitrogens with two attached hydrogens (primary N) is 1. The van der Waals surface area contributed by atoms with Crippen molar-refractivity contribution in [2.75, 3.05) is 6.54 Å². The highest BCUT2D eigenvalue weighted by molar-refractivity contribution is 5.92. The fraction of sp³-hybridized carbons (Fsp3) is 0.636. The van der Waals surface area contributed by atoms with E-state index in [4.69, 9.17) is 5.73 Å². The zero-order valence-electron chi connectivity index (χ0n) is 9.57. The van der Waals surface area contributed by atoms with Gasteiger partial charge in [0, 0.05) is 19.8 Å². The largest absolute Gasteiger partial charge is 0.344 e. The van der Waals surface area contributed by atoms with Crippen LogP contribution in [0.5, 0.6) is 0 Å². The molecule has 5 nitrogen and oxygen atoms in total. The van der Waals surface area contributed by atoms with Crippen LogP contribution in [-0.2, 0) is 7.05 Å². The van der Waals surface area contributed by atoms with Crippen LogP contribution in [0.3, 0.4) is 0 Å². The maximum Gasteiger partial charge on any atom is 0.272 e. The van der Waals surface area contributed by atoms with Gasteiger partial charge in [0.15, 0.2) is 0 Å². The Balaban J connectivity index is 2.06. The Bertz CT molecular complexity index is 379. The van der Waals surface area contributed by atoms with Gasteiger partial charge in [-0.15, -0.1) is 0 Å². The van der Waals surface area contributed by atoms with Crippen LogP contribution in [0.25, 0.3) is 0 Å². The van der Waals surface area contributed by atoms with Crippen molar-refractivity contribution in [2.24, 2.45) is 12.8 Å². The number of nitrogens with zero attached hydrogens (tertiary/aromatic N) is 2. The number of aromatic nitrogens is 2. The molecule has 0 aliphatic heterocycles. The second kappa shape index (κ2) is 4.25. The van der Waals surface area contributed by atoms with Gasteiger partial charge in [-0.3, -0.25) is 9.48 Å². The molecule has 1 aliphatic carbocycles. The maximum absolute atomic E-state index is 11.9.